The minimum absolute atomic E-state index is 0. The molecule has 0 aromatic rings. The summed E-state index contributed by atoms with van der Waals surface area (Å²) in [6.07, 6.45) is 0. The molecule has 0 unspecified atom stereocenters. The van der Waals surface area contributed by atoms with Crippen molar-refractivity contribution in [1.29, 1.82) is 0 Å². The second-order valence-electron chi connectivity index (χ2n) is 0. The molecule has 0 spiro atoms. The molecule has 0 bridgehead atoms. The molecule has 16 valence electrons. The fraction of sp³-hybridized carbons (Fsp3) is 0. The Labute approximate surface area is 80.5 Å². The van der Waals surface area contributed by atoms with Crippen LogP contribution in [0, 0.1) is 0 Å². The van der Waals surface area contributed by atoms with E-state index in [1.807, 2.05) is 0 Å². The van der Waals surface area contributed by atoms with Crippen molar-refractivity contribution in [3.05, 3.63) is 0 Å². The minimum Gasteiger partial charge on any atom is -1.00 e. The second-order valence-corrected chi connectivity index (χ2v) is 0. The number of hydrogen-bond acceptors (Lipinski definition) is 1. The molecule has 0 radical (unpaired) electrons. The zero-order valence-electron chi connectivity index (χ0n) is 4.91. The van der Waals surface area contributed by atoms with Gasteiger partial charge in [-0.2, -0.15) is 0 Å². The van der Waals surface area contributed by atoms with E-state index in [9.17, 15) is 0 Å². The van der Waals surface area contributed by atoms with Crippen LogP contribution in [0.1, 0.15) is 2.85 Å². The van der Waals surface area contributed by atoms with Gasteiger partial charge >= 0.3 is 59.1 Å². The minimum atomic E-state index is 0. The largest absolute Gasteiger partial charge is 1.00 e. The second kappa shape index (κ2) is 17.8. The summed E-state index contributed by atoms with van der Waals surface area (Å²) in [4.78, 5) is 0. The third-order valence-electron chi connectivity index (χ3n) is 0. The summed E-state index contributed by atoms with van der Waals surface area (Å²) in [5, 5.41) is 0. The Hall–Kier alpha value is 2.52. The van der Waals surface area contributed by atoms with E-state index in [2.05, 4.69) is 19.8 Å². The molecule has 4 heteroatoms. The van der Waals surface area contributed by atoms with Crippen LogP contribution in [0.3, 0.4) is 0 Å². The molecule has 0 aromatic carbocycles. The first-order valence-electron chi connectivity index (χ1n) is 0.204. The number of rotatable bonds is 0. The standard InChI is InChI=1S/2Na.HPS.2H/c;;1-2;;/h;;1H;;/q2*+1;;2*-1. The van der Waals surface area contributed by atoms with Gasteiger partial charge in [0.25, 0.3) is 0 Å². The van der Waals surface area contributed by atoms with Crippen molar-refractivity contribution < 1.29 is 62.0 Å². The van der Waals surface area contributed by atoms with Gasteiger partial charge in [0, 0.05) is 0 Å². The Balaban J connectivity index is -0.000000000833. The van der Waals surface area contributed by atoms with Crippen LogP contribution in [-0.2, 0) is 11.8 Å². The third-order valence-corrected chi connectivity index (χ3v) is 0. The van der Waals surface area contributed by atoms with Gasteiger partial charge in [0.15, 0.2) is 0 Å². The Bertz CT molecular complexity index is 11.5. The smallest absolute Gasteiger partial charge is 1.00 e. The Morgan fingerprint density at radius 2 is 1.25 bits per heavy atom. The van der Waals surface area contributed by atoms with Gasteiger partial charge in [-0.15, -0.1) is 0 Å². The average Bonchev–Trinajstić information content (AvgIpc) is 1.00. The fourth-order valence-corrected chi connectivity index (χ4v) is 0. The molecule has 0 atom stereocenters. The first kappa shape index (κ1) is 16.0. The van der Waals surface area contributed by atoms with Crippen LogP contribution in [0.4, 0.5) is 0 Å². The van der Waals surface area contributed by atoms with Gasteiger partial charge in [0.05, 0.1) is 0 Å². The van der Waals surface area contributed by atoms with Crippen LogP contribution >= 0.6 is 8.02 Å². The van der Waals surface area contributed by atoms with Crippen molar-refractivity contribution in [2.24, 2.45) is 0 Å². The van der Waals surface area contributed by atoms with Gasteiger partial charge in [0.2, 0.25) is 0 Å². The molecule has 0 saturated carbocycles. The summed E-state index contributed by atoms with van der Waals surface area (Å²) in [5.41, 5.74) is 0. The van der Waals surface area contributed by atoms with E-state index >= 15 is 0 Å². The predicted molar refractivity (Wildman–Crippen MR) is 17.9 cm³/mol. The summed E-state index contributed by atoms with van der Waals surface area (Å²) < 4.78 is 0. The Morgan fingerprint density at radius 1 is 1.25 bits per heavy atom. The van der Waals surface area contributed by atoms with Crippen molar-refractivity contribution in [2.75, 3.05) is 0 Å². The normalized spacial score (nSPS) is 1.00. The molecule has 0 amide bonds. The zero-order chi connectivity index (χ0) is 2.00. The fourth-order valence-electron chi connectivity index (χ4n) is 0. The SMILES string of the molecule is P=S.[H-].[H-].[Na+].[Na+]. The van der Waals surface area contributed by atoms with Crippen LogP contribution in [0.25, 0.3) is 0 Å². The summed E-state index contributed by atoms with van der Waals surface area (Å²) >= 11 is 3.89. The molecule has 0 aromatic heterocycles. The summed E-state index contributed by atoms with van der Waals surface area (Å²) in [6, 6.07) is 0. The van der Waals surface area contributed by atoms with Crippen molar-refractivity contribution in [3.63, 3.8) is 0 Å². The van der Waals surface area contributed by atoms with Crippen LogP contribution in [0.2, 0.25) is 0 Å². The molecule has 0 N–H and O–H groups in total. The quantitative estimate of drug-likeness (QED) is 0.223. The summed E-state index contributed by atoms with van der Waals surface area (Å²) in [5.74, 6) is 0. The molecule has 4 heavy (non-hydrogen) atoms. The molecule has 0 heterocycles. The van der Waals surface area contributed by atoms with Gasteiger partial charge < -0.3 is 2.85 Å². The van der Waals surface area contributed by atoms with Crippen molar-refractivity contribution in [1.82, 2.24) is 0 Å². The van der Waals surface area contributed by atoms with Crippen LogP contribution in [0.15, 0.2) is 0 Å². The van der Waals surface area contributed by atoms with Crippen molar-refractivity contribution >= 4 is 19.8 Å². The van der Waals surface area contributed by atoms with Gasteiger partial charge in [0.1, 0.15) is 0 Å². The number of hydrogen-bond donors (Lipinski definition) is 0. The van der Waals surface area contributed by atoms with Crippen molar-refractivity contribution in [3.8, 4) is 0 Å². The Morgan fingerprint density at radius 3 is 1.25 bits per heavy atom. The molecule has 0 aliphatic carbocycles. The van der Waals surface area contributed by atoms with Crippen molar-refractivity contribution in [2.45, 2.75) is 0 Å². The van der Waals surface area contributed by atoms with E-state index in [4.69, 9.17) is 0 Å². The maximum atomic E-state index is 3.89. The topological polar surface area (TPSA) is 0 Å². The van der Waals surface area contributed by atoms with E-state index < -0.39 is 0 Å². The molecule has 0 fully saturated rings. The molecule has 0 rings (SSSR count). The zero-order valence-corrected chi connectivity index (χ0v) is 8.72. The predicted octanol–water partition coefficient (Wildman–Crippen LogP) is -5.18. The van der Waals surface area contributed by atoms with E-state index in [0.717, 1.165) is 0 Å². The van der Waals surface area contributed by atoms with E-state index in [0.29, 0.717) is 0 Å². The first-order valence-corrected chi connectivity index (χ1v) is 1.84. The van der Waals surface area contributed by atoms with Gasteiger partial charge in [-0.3, -0.25) is 0 Å². The van der Waals surface area contributed by atoms with E-state index in [1.54, 1.807) is 0 Å². The molecule has 0 aliphatic heterocycles. The first-order chi connectivity index (χ1) is 1.00. The van der Waals surface area contributed by atoms with Crippen LogP contribution in [0.5, 0.6) is 0 Å². The molecule has 0 nitrogen and oxygen atoms in total. The third kappa shape index (κ3) is 8.82. The Kier molecular flexibility index (Phi) is 71.2. The molecule has 0 saturated heterocycles. The van der Waals surface area contributed by atoms with Crippen LogP contribution in [-0.4, -0.2) is 0 Å². The average molecular weight is 112 g/mol. The molecular formula is H3Na2PS. The van der Waals surface area contributed by atoms with Gasteiger partial charge in [-0.25, -0.2) is 0 Å². The monoisotopic (exact) mass is 112 g/mol. The van der Waals surface area contributed by atoms with E-state index in [-0.39, 0.29) is 62.0 Å². The summed E-state index contributed by atoms with van der Waals surface area (Å²) in [7, 11) is 2.56. The maximum Gasteiger partial charge on any atom is 1.00 e. The van der Waals surface area contributed by atoms with Gasteiger partial charge in [-0.1, -0.05) is 11.8 Å². The summed E-state index contributed by atoms with van der Waals surface area (Å²) in [6.45, 7) is 0. The van der Waals surface area contributed by atoms with Crippen LogP contribution < -0.4 is 59.1 Å². The molecule has 0 aliphatic rings. The van der Waals surface area contributed by atoms with Gasteiger partial charge in [-0.05, 0) is 8.02 Å². The molecular weight excluding hydrogens is 109 g/mol. The van der Waals surface area contributed by atoms with E-state index in [1.165, 1.54) is 0 Å². The maximum absolute atomic E-state index is 3.89.